The van der Waals surface area contributed by atoms with E-state index in [2.05, 4.69) is 5.32 Å². The van der Waals surface area contributed by atoms with E-state index in [1.54, 1.807) is 25.1 Å². The molecular formula is C21H17F3N2O4. The normalized spacial score (nSPS) is 10.8. The molecule has 0 aliphatic carbocycles. The fraction of sp³-hybridized carbons (Fsp3) is 0.190. The van der Waals surface area contributed by atoms with Gasteiger partial charge in [-0.15, -0.1) is 0 Å². The number of nitrogens with one attached hydrogen (secondary N) is 1. The molecule has 156 valence electrons. The second-order valence-corrected chi connectivity index (χ2v) is 6.47. The molecule has 0 saturated heterocycles. The Bertz CT molecular complexity index is 1180. The van der Waals surface area contributed by atoms with Crippen LogP contribution in [-0.4, -0.2) is 29.8 Å². The van der Waals surface area contributed by atoms with Crippen LogP contribution in [0.1, 0.15) is 23.9 Å². The maximum absolute atomic E-state index is 13.8. The molecule has 0 spiro atoms. The van der Waals surface area contributed by atoms with E-state index in [0.717, 1.165) is 17.0 Å². The minimum Gasteiger partial charge on any atom is -0.451 e. The van der Waals surface area contributed by atoms with Gasteiger partial charge in [-0.25, -0.2) is 13.2 Å². The predicted octanol–water partition coefficient (Wildman–Crippen LogP) is 3.70. The molecule has 1 aromatic heterocycles. The van der Waals surface area contributed by atoms with Gasteiger partial charge in [0.15, 0.2) is 28.6 Å². The zero-order valence-electron chi connectivity index (χ0n) is 15.9. The first-order valence-corrected chi connectivity index (χ1v) is 9.07. The van der Waals surface area contributed by atoms with E-state index in [9.17, 15) is 27.6 Å². The number of benzene rings is 2. The second-order valence-electron chi connectivity index (χ2n) is 6.47. The number of rotatable bonds is 6. The van der Waals surface area contributed by atoms with Gasteiger partial charge < -0.3 is 14.6 Å². The van der Waals surface area contributed by atoms with Crippen molar-refractivity contribution >= 4 is 28.5 Å². The Morgan fingerprint density at radius 2 is 1.80 bits per heavy atom. The third-order valence-electron chi connectivity index (χ3n) is 4.27. The molecule has 2 aromatic carbocycles. The average Bonchev–Trinajstić information content (AvgIpc) is 2.73. The molecular weight excluding hydrogens is 401 g/mol. The monoisotopic (exact) mass is 418 g/mol. The highest BCUT2D eigenvalue weighted by atomic mass is 19.2. The summed E-state index contributed by atoms with van der Waals surface area (Å²) < 4.78 is 45.6. The van der Waals surface area contributed by atoms with Crippen LogP contribution in [0.15, 0.2) is 51.7 Å². The maximum Gasteiger partial charge on any atom is 0.290 e. The molecule has 2 amide bonds. The molecule has 30 heavy (non-hydrogen) atoms. The van der Waals surface area contributed by atoms with E-state index in [1.807, 2.05) is 0 Å². The van der Waals surface area contributed by atoms with Gasteiger partial charge >= 0.3 is 0 Å². The molecule has 0 fully saturated rings. The van der Waals surface area contributed by atoms with Crippen molar-refractivity contribution in [3.63, 3.8) is 0 Å². The highest BCUT2D eigenvalue weighted by Crippen LogP contribution is 2.20. The summed E-state index contributed by atoms with van der Waals surface area (Å²) in [5.74, 6) is -6.44. The van der Waals surface area contributed by atoms with Crippen LogP contribution in [0.4, 0.5) is 18.9 Å². The van der Waals surface area contributed by atoms with Crippen molar-refractivity contribution in [2.45, 2.75) is 13.3 Å². The highest BCUT2D eigenvalue weighted by molar-refractivity contribution is 5.98. The number of carbonyl (C=O) groups is 2. The zero-order valence-corrected chi connectivity index (χ0v) is 15.9. The van der Waals surface area contributed by atoms with Crippen LogP contribution in [-0.2, 0) is 4.79 Å². The molecule has 0 saturated carbocycles. The number of halogens is 3. The number of amides is 2. The van der Waals surface area contributed by atoms with Crippen molar-refractivity contribution in [3.05, 3.63) is 75.9 Å². The van der Waals surface area contributed by atoms with Crippen molar-refractivity contribution < 1.29 is 27.2 Å². The summed E-state index contributed by atoms with van der Waals surface area (Å²) >= 11 is 0. The first kappa shape index (κ1) is 21.1. The van der Waals surface area contributed by atoms with Gasteiger partial charge in [-0.2, -0.15) is 0 Å². The van der Waals surface area contributed by atoms with Crippen LogP contribution >= 0.6 is 0 Å². The summed E-state index contributed by atoms with van der Waals surface area (Å²) in [7, 11) is 0. The Morgan fingerprint density at radius 1 is 1.07 bits per heavy atom. The summed E-state index contributed by atoms with van der Waals surface area (Å²) in [6, 6.07) is 8.99. The van der Waals surface area contributed by atoms with Crippen molar-refractivity contribution in [2.75, 3.05) is 18.4 Å². The van der Waals surface area contributed by atoms with Gasteiger partial charge in [0.1, 0.15) is 12.1 Å². The zero-order chi connectivity index (χ0) is 21.8. The minimum atomic E-state index is -1.72. The van der Waals surface area contributed by atoms with E-state index in [4.69, 9.17) is 4.42 Å². The molecule has 0 atom stereocenters. The Kier molecular flexibility index (Phi) is 6.20. The van der Waals surface area contributed by atoms with Crippen LogP contribution in [0.2, 0.25) is 0 Å². The van der Waals surface area contributed by atoms with Gasteiger partial charge in [-0.05, 0) is 30.7 Å². The van der Waals surface area contributed by atoms with Crippen LogP contribution in [0.3, 0.4) is 0 Å². The SMILES string of the molecule is CCCN(CC(=O)Nc1ccc(F)c(F)c1F)C(=O)c1cc(=O)c2ccccc2o1. The first-order chi connectivity index (χ1) is 14.3. The third-order valence-corrected chi connectivity index (χ3v) is 4.27. The fourth-order valence-corrected chi connectivity index (χ4v) is 2.87. The lowest BCUT2D eigenvalue weighted by atomic mass is 10.2. The van der Waals surface area contributed by atoms with E-state index in [1.165, 1.54) is 6.07 Å². The fourth-order valence-electron chi connectivity index (χ4n) is 2.87. The number of hydrogen-bond acceptors (Lipinski definition) is 4. The predicted molar refractivity (Wildman–Crippen MR) is 104 cm³/mol. The molecule has 0 aliphatic rings. The second kappa shape index (κ2) is 8.81. The number of carbonyl (C=O) groups excluding carboxylic acids is 2. The van der Waals surface area contributed by atoms with E-state index in [0.29, 0.717) is 17.9 Å². The lowest BCUT2D eigenvalue weighted by Gasteiger charge is -2.21. The lowest BCUT2D eigenvalue weighted by Crippen LogP contribution is -2.39. The van der Waals surface area contributed by atoms with E-state index >= 15 is 0 Å². The third kappa shape index (κ3) is 4.35. The molecule has 9 heteroatoms. The molecule has 3 aromatic rings. The van der Waals surface area contributed by atoms with Crippen molar-refractivity contribution in [2.24, 2.45) is 0 Å². The van der Waals surface area contributed by atoms with E-state index < -0.39 is 46.9 Å². The van der Waals surface area contributed by atoms with Crippen LogP contribution in [0.25, 0.3) is 11.0 Å². The molecule has 1 heterocycles. The summed E-state index contributed by atoms with van der Waals surface area (Å²) in [4.78, 5) is 38.4. The molecule has 0 aliphatic heterocycles. The van der Waals surface area contributed by atoms with E-state index in [-0.39, 0.29) is 17.9 Å². The van der Waals surface area contributed by atoms with Crippen LogP contribution in [0, 0.1) is 17.5 Å². The number of nitrogens with zero attached hydrogens (tertiary/aromatic N) is 1. The van der Waals surface area contributed by atoms with Crippen LogP contribution < -0.4 is 10.7 Å². The number of para-hydroxylation sites is 1. The van der Waals surface area contributed by atoms with Crippen molar-refractivity contribution in [1.29, 1.82) is 0 Å². The number of anilines is 1. The van der Waals surface area contributed by atoms with Crippen LogP contribution in [0.5, 0.6) is 0 Å². The Labute approximate surface area is 168 Å². The minimum absolute atomic E-state index is 0.142. The maximum atomic E-state index is 13.8. The van der Waals surface area contributed by atoms with Crippen molar-refractivity contribution in [3.8, 4) is 0 Å². The van der Waals surface area contributed by atoms with Gasteiger partial charge in [-0.3, -0.25) is 14.4 Å². The smallest absolute Gasteiger partial charge is 0.290 e. The summed E-state index contributed by atoms with van der Waals surface area (Å²) in [6.45, 7) is 1.40. The topological polar surface area (TPSA) is 79.6 Å². The summed E-state index contributed by atoms with van der Waals surface area (Å²) in [5.41, 5.74) is -0.747. The molecule has 0 unspecified atom stereocenters. The van der Waals surface area contributed by atoms with Gasteiger partial charge in [0.2, 0.25) is 5.91 Å². The number of hydrogen-bond donors (Lipinski definition) is 1. The molecule has 6 nitrogen and oxygen atoms in total. The van der Waals surface area contributed by atoms with Crippen molar-refractivity contribution in [1.82, 2.24) is 4.90 Å². The van der Waals surface area contributed by atoms with Gasteiger partial charge in [0.05, 0.1) is 11.1 Å². The first-order valence-electron chi connectivity index (χ1n) is 9.07. The van der Waals surface area contributed by atoms with Gasteiger partial charge in [-0.1, -0.05) is 19.1 Å². The quantitative estimate of drug-likeness (QED) is 0.619. The largest absolute Gasteiger partial charge is 0.451 e. The highest BCUT2D eigenvalue weighted by Gasteiger charge is 2.23. The summed E-state index contributed by atoms with van der Waals surface area (Å²) in [5, 5.41) is 2.42. The Balaban J connectivity index is 1.82. The van der Waals surface area contributed by atoms with Gasteiger partial charge in [0.25, 0.3) is 5.91 Å². The molecule has 3 rings (SSSR count). The average molecular weight is 418 g/mol. The lowest BCUT2D eigenvalue weighted by molar-refractivity contribution is -0.116. The number of fused-ring (bicyclic) bond motifs is 1. The Hall–Kier alpha value is -3.62. The summed E-state index contributed by atoms with van der Waals surface area (Å²) in [6.07, 6.45) is 0.483. The molecule has 1 N–H and O–H groups in total. The molecule has 0 radical (unpaired) electrons. The molecule has 0 bridgehead atoms. The standard InChI is InChI=1S/C21H17F3N2O4/c1-2-9-26(11-18(28)25-14-8-7-13(22)19(23)20(14)24)21(29)17-10-15(27)12-5-3-4-6-16(12)30-17/h3-8,10H,2,9,11H2,1H3,(H,25,28). The van der Waals surface area contributed by atoms with Gasteiger partial charge in [0, 0.05) is 12.6 Å². The Morgan fingerprint density at radius 3 is 2.53 bits per heavy atom.